The zero-order valence-corrected chi connectivity index (χ0v) is 9.61. The van der Waals surface area contributed by atoms with Gasteiger partial charge in [-0.1, -0.05) is 5.16 Å². The van der Waals surface area contributed by atoms with Crippen LogP contribution in [0.1, 0.15) is 18.4 Å². The fourth-order valence-corrected chi connectivity index (χ4v) is 1.45. The fraction of sp³-hybridized carbons (Fsp3) is 0.273. The summed E-state index contributed by atoms with van der Waals surface area (Å²) in [4.78, 5) is 3.77. The molecule has 8 heteroatoms. The molecule has 2 rings (SSSR count). The maximum atomic E-state index is 13.0. The average Bonchev–Trinajstić information content (AvgIpc) is 2.85. The molecule has 0 saturated heterocycles. The summed E-state index contributed by atoms with van der Waals surface area (Å²) in [7, 11) is 0. The first-order valence-corrected chi connectivity index (χ1v) is 5.39. The molecule has 0 spiro atoms. The summed E-state index contributed by atoms with van der Waals surface area (Å²) in [6.07, 6.45) is -0.852. The van der Waals surface area contributed by atoms with E-state index in [9.17, 15) is 18.3 Å². The highest BCUT2D eigenvalue weighted by Gasteiger charge is 2.18. The minimum Gasteiger partial charge on any atom is -0.383 e. The first-order valence-electron chi connectivity index (χ1n) is 5.39. The highest BCUT2D eigenvalue weighted by molar-refractivity contribution is 5.54. The maximum absolute atomic E-state index is 13.0. The molecule has 0 aliphatic carbocycles. The van der Waals surface area contributed by atoms with Crippen LogP contribution in [0.15, 0.2) is 16.7 Å². The van der Waals surface area contributed by atoms with Crippen molar-refractivity contribution in [3.8, 4) is 11.4 Å². The normalized spacial score (nSPS) is 12.7. The third kappa shape index (κ3) is 2.74. The molecule has 1 atom stereocenters. The molecule has 0 bridgehead atoms. The molecule has 0 radical (unpaired) electrons. The Morgan fingerprint density at radius 2 is 1.89 bits per heavy atom. The number of aromatic nitrogens is 2. The summed E-state index contributed by atoms with van der Waals surface area (Å²) in [5.74, 6) is -4.56. The lowest BCUT2D eigenvalue weighted by molar-refractivity contribution is 0.127. The molecular formula is C11H10F3N3O2. The number of rotatable bonds is 4. The second-order valence-corrected chi connectivity index (χ2v) is 3.80. The smallest absolute Gasteiger partial charge is 0.255 e. The van der Waals surface area contributed by atoms with Gasteiger partial charge in [0.05, 0.1) is 0 Å². The van der Waals surface area contributed by atoms with Gasteiger partial charge in [-0.15, -0.1) is 0 Å². The molecule has 1 aromatic heterocycles. The number of hydrogen-bond donors (Lipinski definition) is 2. The topological polar surface area (TPSA) is 85.2 Å². The van der Waals surface area contributed by atoms with Crippen LogP contribution in [0.4, 0.5) is 13.2 Å². The molecule has 5 nitrogen and oxygen atoms in total. The summed E-state index contributed by atoms with van der Waals surface area (Å²) in [5.41, 5.74) is 5.16. The van der Waals surface area contributed by atoms with Crippen LogP contribution >= 0.6 is 0 Å². The van der Waals surface area contributed by atoms with Crippen LogP contribution in [0.25, 0.3) is 11.4 Å². The van der Waals surface area contributed by atoms with E-state index in [1.54, 1.807) is 0 Å². The molecule has 0 fully saturated rings. The molecule has 0 saturated carbocycles. The monoisotopic (exact) mass is 273 g/mol. The highest BCUT2D eigenvalue weighted by atomic mass is 19.2. The van der Waals surface area contributed by atoms with Crippen molar-refractivity contribution in [3.05, 3.63) is 35.5 Å². The molecule has 3 N–H and O–H groups in total. The van der Waals surface area contributed by atoms with Gasteiger partial charge in [0, 0.05) is 5.56 Å². The van der Waals surface area contributed by atoms with Crippen LogP contribution in [-0.2, 0) is 0 Å². The van der Waals surface area contributed by atoms with Gasteiger partial charge in [0.15, 0.2) is 17.5 Å². The lowest BCUT2D eigenvalue weighted by atomic mass is 10.2. The highest BCUT2D eigenvalue weighted by Crippen LogP contribution is 2.23. The van der Waals surface area contributed by atoms with E-state index in [1.165, 1.54) is 0 Å². The number of nitrogens with two attached hydrogens (primary N) is 1. The summed E-state index contributed by atoms with van der Waals surface area (Å²) < 4.78 is 43.6. The molecule has 0 amide bonds. The van der Waals surface area contributed by atoms with Gasteiger partial charge in [0.2, 0.25) is 5.82 Å². The van der Waals surface area contributed by atoms with Crippen molar-refractivity contribution in [3.63, 3.8) is 0 Å². The number of benzene rings is 1. The van der Waals surface area contributed by atoms with Crippen LogP contribution in [0.5, 0.6) is 0 Å². The number of aliphatic hydroxyl groups is 1. The third-order valence-corrected chi connectivity index (χ3v) is 2.41. The van der Waals surface area contributed by atoms with Gasteiger partial charge in [-0.25, -0.2) is 13.2 Å². The van der Waals surface area contributed by atoms with Gasteiger partial charge in [-0.2, -0.15) is 4.98 Å². The van der Waals surface area contributed by atoms with E-state index in [0.29, 0.717) is 0 Å². The van der Waals surface area contributed by atoms with Gasteiger partial charge in [0.25, 0.3) is 5.89 Å². The van der Waals surface area contributed by atoms with Crippen LogP contribution < -0.4 is 5.73 Å². The molecule has 1 aromatic carbocycles. The van der Waals surface area contributed by atoms with Crippen molar-refractivity contribution < 1.29 is 22.8 Å². The Kier molecular flexibility index (Phi) is 3.82. The second-order valence-electron chi connectivity index (χ2n) is 3.80. The van der Waals surface area contributed by atoms with Crippen LogP contribution in [-0.4, -0.2) is 21.8 Å². The van der Waals surface area contributed by atoms with Gasteiger partial charge in [-0.3, -0.25) is 0 Å². The van der Waals surface area contributed by atoms with Crippen molar-refractivity contribution >= 4 is 0 Å². The fourth-order valence-electron chi connectivity index (χ4n) is 1.45. The number of aliphatic hydroxyl groups excluding tert-OH is 1. The van der Waals surface area contributed by atoms with E-state index < -0.39 is 23.6 Å². The molecular weight excluding hydrogens is 263 g/mol. The maximum Gasteiger partial charge on any atom is 0.255 e. The van der Waals surface area contributed by atoms with Crippen molar-refractivity contribution in [1.82, 2.24) is 10.1 Å². The Morgan fingerprint density at radius 3 is 2.47 bits per heavy atom. The summed E-state index contributed by atoms with van der Waals surface area (Å²) in [6, 6.07) is 1.48. The van der Waals surface area contributed by atoms with E-state index in [-0.39, 0.29) is 30.2 Å². The average molecular weight is 273 g/mol. The van der Waals surface area contributed by atoms with E-state index in [4.69, 9.17) is 10.3 Å². The molecule has 1 heterocycles. The lowest BCUT2D eigenvalue weighted by Crippen LogP contribution is -2.06. The quantitative estimate of drug-likeness (QED) is 0.825. The Morgan fingerprint density at radius 1 is 1.26 bits per heavy atom. The molecule has 2 aromatic rings. The van der Waals surface area contributed by atoms with Crippen molar-refractivity contribution in [1.29, 1.82) is 0 Å². The van der Waals surface area contributed by atoms with Crippen LogP contribution in [0, 0.1) is 17.5 Å². The molecule has 102 valence electrons. The zero-order valence-electron chi connectivity index (χ0n) is 9.61. The number of halogens is 3. The second kappa shape index (κ2) is 5.37. The molecule has 0 unspecified atom stereocenters. The van der Waals surface area contributed by atoms with E-state index >= 15 is 0 Å². The predicted octanol–water partition coefficient (Wildman–Crippen LogP) is 1.54. The SMILES string of the molecule is NCC[C@H](O)c1nc(-c2cc(F)c(F)c(F)c2)no1. The Balaban J connectivity index is 2.33. The van der Waals surface area contributed by atoms with Crippen LogP contribution in [0.3, 0.4) is 0 Å². The summed E-state index contributed by atoms with van der Waals surface area (Å²) >= 11 is 0. The van der Waals surface area contributed by atoms with E-state index in [2.05, 4.69) is 10.1 Å². The van der Waals surface area contributed by atoms with Gasteiger partial charge in [0.1, 0.15) is 6.10 Å². The Bertz CT molecular complexity index is 565. The van der Waals surface area contributed by atoms with Gasteiger partial charge >= 0.3 is 0 Å². The Hall–Kier alpha value is -1.93. The first kappa shape index (κ1) is 13.5. The Labute approximate surface area is 105 Å². The molecule has 0 aliphatic heterocycles. The summed E-state index contributed by atoms with van der Waals surface area (Å²) in [6.45, 7) is 0.207. The van der Waals surface area contributed by atoms with Gasteiger partial charge < -0.3 is 15.4 Å². The van der Waals surface area contributed by atoms with Gasteiger partial charge in [-0.05, 0) is 25.1 Å². The minimum absolute atomic E-state index is 0.0913. The zero-order chi connectivity index (χ0) is 14.0. The van der Waals surface area contributed by atoms with E-state index in [1.807, 2.05) is 0 Å². The standard InChI is InChI=1S/C11H10F3N3O2/c12-6-3-5(4-7(13)9(6)14)10-16-11(19-17-10)8(18)1-2-15/h3-4,8,18H,1-2,15H2/t8-/m0/s1. The van der Waals surface area contributed by atoms with Crippen LogP contribution in [0.2, 0.25) is 0 Å². The van der Waals surface area contributed by atoms with E-state index in [0.717, 1.165) is 12.1 Å². The lowest BCUT2D eigenvalue weighted by Gasteiger charge is -2.01. The minimum atomic E-state index is -1.57. The van der Waals surface area contributed by atoms with Crippen molar-refractivity contribution in [2.45, 2.75) is 12.5 Å². The predicted molar refractivity (Wildman–Crippen MR) is 58.2 cm³/mol. The first-order chi connectivity index (χ1) is 9.02. The largest absolute Gasteiger partial charge is 0.383 e. The summed E-state index contributed by atoms with van der Waals surface area (Å²) in [5, 5.41) is 13.0. The number of nitrogens with zero attached hydrogens (tertiary/aromatic N) is 2. The molecule has 19 heavy (non-hydrogen) atoms. The van der Waals surface area contributed by atoms with Crippen molar-refractivity contribution in [2.24, 2.45) is 5.73 Å². The van der Waals surface area contributed by atoms with Crippen molar-refractivity contribution in [2.75, 3.05) is 6.54 Å². The molecule has 0 aliphatic rings. The third-order valence-electron chi connectivity index (χ3n) is 2.41. The number of hydrogen-bond acceptors (Lipinski definition) is 5.